The van der Waals surface area contributed by atoms with Crippen LogP contribution in [0.25, 0.3) is 11.3 Å². The molecule has 0 radical (unpaired) electrons. The highest BCUT2D eigenvalue weighted by atomic mass is 16.5. The van der Waals surface area contributed by atoms with Crippen LogP contribution in [0.3, 0.4) is 0 Å². The van der Waals surface area contributed by atoms with Gasteiger partial charge >= 0.3 is 0 Å². The van der Waals surface area contributed by atoms with Crippen LogP contribution in [-0.4, -0.2) is 20.8 Å². The van der Waals surface area contributed by atoms with Gasteiger partial charge in [-0.2, -0.15) is 5.10 Å². The quantitative estimate of drug-likeness (QED) is 0.797. The normalized spacial score (nSPS) is 16.5. The number of nitrogens with zero attached hydrogens (tertiary/aromatic N) is 3. The molecule has 0 fully saturated rings. The van der Waals surface area contributed by atoms with Crippen molar-refractivity contribution >= 4 is 5.91 Å². The van der Waals surface area contributed by atoms with Crippen LogP contribution < -0.4 is 5.32 Å². The Hall–Kier alpha value is -2.89. The smallest absolute Gasteiger partial charge is 0.290 e. The molecule has 0 aliphatic heterocycles. The molecule has 6 nitrogen and oxygen atoms in total. The fourth-order valence-electron chi connectivity index (χ4n) is 3.59. The summed E-state index contributed by atoms with van der Waals surface area (Å²) < 4.78 is 7.18. The first-order valence-electron chi connectivity index (χ1n) is 8.49. The fraction of sp³-hybridized carbons (Fsp3) is 0.316. The molecule has 1 N–H and O–H groups in total. The van der Waals surface area contributed by atoms with Crippen molar-refractivity contribution in [1.82, 2.24) is 20.3 Å². The van der Waals surface area contributed by atoms with Crippen molar-refractivity contribution in [3.8, 4) is 11.3 Å². The molecule has 6 heteroatoms. The van der Waals surface area contributed by atoms with Crippen molar-refractivity contribution in [3.05, 3.63) is 59.1 Å². The standard InChI is InChI=1S/C19H20N4O2/c1-12-18-14(9-6-10-16(18)23(2)21-12)20-19(24)17-11-15(22-25-17)13-7-4-3-5-8-13/h3-5,7-8,11,14H,6,9-10H2,1-2H3,(H,20,24). The lowest BCUT2D eigenvalue weighted by atomic mass is 9.91. The Balaban J connectivity index is 1.55. The minimum atomic E-state index is -0.240. The molecule has 1 aliphatic rings. The van der Waals surface area contributed by atoms with Crippen molar-refractivity contribution in [2.24, 2.45) is 7.05 Å². The molecule has 1 unspecified atom stereocenters. The van der Waals surface area contributed by atoms with E-state index >= 15 is 0 Å². The molecule has 2 aromatic heterocycles. The molecular formula is C19H20N4O2. The largest absolute Gasteiger partial charge is 0.350 e. The number of aromatic nitrogens is 3. The average molecular weight is 336 g/mol. The molecule has 1 amide bonds. The number of rotatable bonds is 3. The van der Waals surface area contributed by atoms with E-state index in [0.717, 1.165) is 36.1 Å². The highest BCUT2D eigenvalue weighted by molar-refractivity contribution is 5.92. The van der Waals surface area contributed by atoms with Gasteiger partial charge in [-0.25, -0.2) is 0 Å². The highest BCUT2D eigenvalue weighted by Crippen LogP contribution is 2.32. The summed E-state index contributed by atoms with van der Waals surface area (Å²) in [5.41, 5.74) is 4.91. The lowest BCUT2D eigenvalue weighted by molar-refractivity contribution is 0.0895. The molecule has 4 rings (SSSR count). The number of amides is 1. The first-order chi connectivity index (χ1) is 12.1. The van der Waals surface area contributed by atoms with Crippen LogP contribution in [0.2, 0.25) is 0 Å². The summed E-state index contributed by atoms with van der Waals surface area (Å²) >= 11 is 0. The number of aryl methyl sites for hydroxylation is 2. The second-order valence-electron chi connectivity index (χ2n) is 6.43. The Morgan fingerprint density at radius 2 is 2.12 bits per heavy atom. The minimum Gasteiger partial charge on any atom is -0.350 e. The maximum absolute atomic E-state index is 12.6. The van der Waals surface area contributed by atoms with Crippen molar-refractivity contribution in [2.75, 3.05) is 0 Å². The Bertz CT molecular complexity index is 911. The van der Waals surface area contributed by atoms with E-state index in [-0.39, 0.29) is 17.7 Å². The second-order valence-corrected chi connectivity index (χ2v) is 6.43. The summed E-state index contributed by atoms with van der Waals surface area (Å²) in [5.74, 6) is -0.0108. The van der Waals surface area contributed by atoms with E-state index in [4.69, 9.17) is 4.52 Å². The molecule has 0 saturated carbocycles. The van der Waals surface area contributed by atoms with E-state index in [2.05, 4.69) is 15.6 Å². The first kappa shape index (κ1) is 15.6. The van der Waals surface area contributed by atoms with Crippen LogP contribution in [-0.2, 0) is 13.5 Å². The molecule has 0 saturated heterocycles. The zero-order chi connectivity index (χ0) is 17.4. The Morgan fingerprint density at radius 3 is 2.92 bits per heavy atom. The Labute approximate surface area is 145 Å². The second kappa shape index (κ2) is 6.20. The molecule has 25 heavy (non-hydrogen) atoms. The van der Waals surface area contributed by atoms with Gasteiger partial charge in [0.2, 0.25) is 5.76 Å². The number of hydrogen-bond donors (Lipinski definition) is 1. The third-order valence-electron chi connectivity index (χ3n) is 4.75. The van der Waals surface area contributed by atoms with Crippen molar-refractivity contribution in [1.29, 1.82) is 0 Å². The molecule has 3 aromatic rings. The SMILES string of the molecule is Cc1nn(C)c2c1C(NC(=O)c1cc(-c3ccccc3)no1)CCC2. The molecule has 1 aliphatic carbocycles. The van der Waals surface area contributed by atoms with E-state index in [1.807, 2.05) is 49.0 Å². The third-order valence-corrected chi connectivity index (χ3v) is 4.75. The van der Waals surface area contributed by atoms with Gasteiger partial charge in [-0.1, -0.05) is 35.5 Å². The van der Waals surface area contributed by atoms with Gasteiger partial charge in [0.1, 0.15) is 5.69 Å². The fourth-order valence-corrected chi connectivity index (χ4v) is 3.59. The topological polar surface area (TPSA) is 73.0 Å². The maximum Gasteiger partial charge on any atom is 0.290 e. The van der Waals surface area contributed by atoms with Gasteiger partial charge in [0.15, 0.2) is 0 Å². The summed E-state index contributed by atoms with van der Waals surface area (Å²) in [6, 6.07) is 11.3. The summed E-state index contributed by atoms with van der Waals surface area (Å²) in [6.45, 7) is 1.99. The molecule has 0 bridgehead atoms. The van der Waals surface area contributed by atoms with Crippen molar-refractivity contribution in [3.63, 3.8) is 0 Å². The predicted molar refractivity (Wildman–Crippen MR) is 93.0 cm³/mol. The average Bonchev–Trinajstić information content (AvgIpc) is 3.22. The van der Waals surface area contributed by atoms with E-state index in [1.54, 1.807) is 6.07 Å². The summed E-state index contributed by atoms with van der Waals surface area (Å²) in [5, 5.41) is 11.6. The number of fused-ring (bicyclic) bond motifs is 1. The van der Waals surface area contributed by atoms with Gasteiger partial charge in [-0.05, 0) is 26.2 Å². The van der Waals surface area contributed by atoms with Crippen LogP contribution in [0, 0.1) is 6.92 Å². The van der Waals surface area contributed by atoms with Crippen LogP contribution >= 0.6 is 0 Å². The molecule has 1 aromatic carbocycles. The summed E-state index contributed by atoms with van der Waals surface area (Å²) in [4.78, 5) is 12.6. The van der Waals surface area contributed by atoms with Crippen LogP contribution in [0.1, 0.15) is 46.4 Å². The zero-order valence-electron chi connectivity index (χ0n) is 14.3. The third kappa shape index (κ3) is 2.84. The molecule has 2 heterocycles. The summed E-state index contributed by atoms with van der Waals surface area (Å²) in [6.07, 6.45) is 2.94. The Kier molecular flexibility index (Phi) is 3.87. The van der Waals surface area contributed by atoms with Gasteiger partial charge in [0.25, 0.3) is 5.91 Å². The van der Waals surface area contributed by atoms with Gasteiger partial charge in [-0.3, -0.25) is 9.48 Å². The molecular weight excluding hydrogens is 316 g/mol. The number of nitrogens with one attached hydrogen (secondary N) is 1. The molecule has 1 atom stereocenters. The highest BCUT2D eigenvalue weighted by Gasteiger charge is 2.28. The monoisotopic (exact) mass is 336 g/mol. The summed E-state index contributed by atoms with van der Waals surface area (Å²) in [7, 11) is 1.96. The van der Waals surface area contributed by atoms with Gasteiger partial charge in [0.05, 0.1) is 11.7 Å². The van der Waals surface area contributed by atoms with E-state index in [1.165, 1.54) is 5.69 Å². The minimum absolute atomic E-state index is 0.0322. The van der Waals surface area contributed by atoms with E-state index in [9.17, 15) is 4.79 Å². The first-order valence-corrected chi connectivity index (χ1v) is 8.49. The number of hydrogen-bond acceptors (Lipinski definition) is 4. The lowest BCUT2D eigenvalue weighted by Crippen LogP contribution is -2.31. The molecule has 0 spiro atoms. The van der Waals surface area contributed by atoms with Gasteiger partial charge in [-0.15, -0.1) is 0 Å². The van der Waals surface area contributed by atoms with E-state index < -0.39 is 0 Å². The van der Waals surface area contributed by atoms with Crippen molar-refractivity contribution in [2.45, 2.75) is 32.2 Å². The maximum atomic E-state index is 12.6. The van der Waals surface area contributed by atoms with Gasteiger partial charge < -0.3 is 9.84 Å². The van der Waals surface area contributed by atoms with E-state index in [0.29, 0.717) is 5.69 Å². The Morgan fingerprint density at radius 1 is 1.32 bits per heavy atom. The predicted octanol–water partition coefficient (Wildman–Crippen LogP) is 3.19. The lowest BCUT2D eigenvalue weighted by Gasteiger charge is -2.24. The number of carbonyl (C=O) groups excluding carboxylic acids is 1. The number of benzene rings is 1. The molecule has 128 valence electrons. The van der Waals surface area contributed by atoms with Crippen LogP contribution in [0.4, 0.5) is 0 Å². The zero-order valence-corrected chi connectivity index (χ0v) is 14.3. The van der Waals surface area contributed by atoms with Crippen LogP contribution in [0.15, 0.2) is 40.9 Å². The van der Waals surface area contributed by atoms with Crippen LogP contribution in [0.5, 0.6) is 0 Å². The van der Waals surface area contributed by atoms with Crippen molar-refractivity contribution < 1.29 is 9.32 Å². The number of carbonyl (C=O) groups is 1. The van der Waals surface area contributed by atoms with Gasteiger partial charge in [0, 0.05) is 29.9 Å².